The molecule has 120 valence electrons. The summed E-state index contributed by atoms with van der Waals surface area (Å²) >= 11 is 0. The molecule has 3 nitrogen and oxygen atoms in total. The van der Waals surface area contributed by atoms with E-state index in [2.05, 4.69) is 11.9 Å². The first-order valence-corrected chi connectivity index (χ1v) is 7.35. The van der Waals surface area contributed by atoms with Crippen molar-refractivity contribution in [3.05, 3.63) is 23.4 Å². The lowest BCUT2D eigenvalue weighted by Crippen LogP contribution is -2.34. The number of aromatic nitrogens is 1. The molecule has 0 bridgehead atoms. The number of unbranched alkanes of at least 4 members (excludes halogenated alkanes) is 2. The summed E-state index contributed by atoms with van der Waals surface area (Å²) in [6, 6.07) is 2.50. The Bertz CT molecular complexity index is 444. The van der Waals surface area contributed by atoms with Gasteiger partial charge in [-0.1, -0.05) is 25.8 Å². The molecule has 1 rings (SSSR count). The molecular formula is C15H24F3N3. The van der Waals surface area contributed by atoms with E-state index < -0.39 is 11.9 Å². The van der Waals surface area contributed by atoms with Crippen LogP contribution in [0.1, 0.15) is 51.3 Å². The highest BCUT2D eigenvalue weighted by Crippen LogP contribution is 2.31. The van der Waals surface area contributed by atoms with E-state index in [9.17, 15) is 13.2 Å². The number of pyridine rings is 1. The second kappa shape index (κ2) is 7.64. The molecule has 0 aliphatic carbocycles. The van der Waals surface area contributed by atoms with Crippen LogP contribution in [0.15, 0.2) is 12.1 Å². The monoisotopic (exact) mass is 303 g/mol. The molecule has 0 spiro atoms. The zero-order chi connectivity index (χ0) is 16.0. The van der Waals surface area contributed by atoms with Gasteiger partial charge < -0.3 is 10.6 Å². The van der Waals surface area contributed by atoms with Crippen LogP contribution in [0.3, 0.4) is 0 Å². The topological polar surface area (TPSA) is 42.2 Å². The van der Waals surface area contributed by atoms with Crippen LogP contribution in [0.2, 0.25) is 0 Å². The number of rotatable bonds is 7. The zero-order valence-corrected chi connectivity index (χ0v) is 12.9. The highest BCUT2D eigenvalue weighted by Gasteiger charge is 2.33. The van der Waals surface area contributed by atoms with Gasteiger partial charge in [0.1, 0.15) is 11.5 Å². The van der Waals surface area contributed by atoms with E-state index in [-0.39, 0.29) is 12.6 Å². The number of hydrogen-bond acceptors (Lipinski definition) is 3. The molecule has 1 heterocycles. The molecule has 6 heteroatoms. The predicted octanol–water partition coefficient (Wildman–Crippen LogP) is 3.96. The minimum Gasteiger partial charge on any atom is -0.354 e. The van der Waals surface area contributed by atoms with Crippen molar-refractivity contribution in [3.8, 4) is 0 Å². The van der Waals surface area contributed by atoms with Crippen LogP contribution in [0.4, 0.5) is 19.0 Å². The molecule has 21 heavy (non-hydrogen) atoms. The van der Waals surface area contributed by atoms with Gasteiger partial charge in [-0.25, -0.2) is 4.98 Å². The molecule has 0 saturated heterocycles. The lowest BCUT2D eigenvalue weighted by molar-refractivity contribution is -0.141. The second-order valence-corrected chi connectivity index (χ2v) is 5.38. The molecule has 0 unspecified atom stereocenters. The van der Waals surface area contributed by atoms with Crippen molar-refractivity contribution >= 4 is 5.82 Å². The van der Waals surface area contributed by atoms with Crippen molar-refractivity contribution in [2.75, 3.05) is 11.4 Å². The standard InChI is InChI=1S/C15H24F3N3/c1-4-5-6-9-21(11(2)3)14-12(10-19)7-8-13(20-14)15(16,17)18/h7-8,11H,4-6,9-10,19H2,1-3H3. The molecule has 0 saturated carbocycles. The largest absolute Gasteiger partial charge is 0.433 e. The van der Waals surface area contributed by atoms with Crippen LogP contribution in [-0.2, 0) is 12.7 Å². The number of nitrogens with two attached hydrogens (primary N) is 1. The van der Waals surface area contributed by atoms with Crippen LogP contribution < -0.4 is 10.6 Å². The maximum absolute atomic E-state index is 12.9. The Labute approximate surface area is 124 Å². The first-order chi connectivity index (χ1) is 9.81. The van der Waals surface area contributed by atoms with Crippen molar-refractivity contribution in [1.29, 1.82) is 0 Å². The molecule has 1 aromatic rings. The molecule has 0 aliphatic rings. The molecule has 0 atom stereocenters. The smallest absolute Gasteiger partial charge is 0.354 e. The van der Waals surface area contributed by atoms with Gasteiger partial charge in [0, 0.05) is 24.7 Å². The van der Waals surface area contributed by atoms with Gasteiger partial charge in [-0.15, -0.1) is 0 Å². The Morgan fingerprint density at radius 3 is 2.38 bits per heavy atom. The summed E-state index contributed by atoms with van der Waals surface area (Å²) < 4.78 is 38.6. The number of anilines is 1. The van der Waals surface area contributed by atoms with Crippen LogP contribution >= 0.6 is 0 Å². The SMILES string of the molecule is CCCCCN(c1nc(C(F)(F)F)ccc1CN)C(C)C. The maximum atomic E-state index is 12.9. The van der Waals surface area contributed by atoms with Crippen molar-refractivity contribution in [2.24, 2.45) is 5.73 Å². The number of hydrogen-bond donors (Lipinski definition) is 1. The first-order valence-electron chi connectivity index (χ1n) is 7.35. The summed E-state index contributed by atoms with van der Waals surface area (Å²) in [5.41, 5.74) is 5.44. The summed E-state index contributed by atoms with van der Waals surface area (Å²) in [5.74, 6) is 0.360. The summed E-state index contributed by atoms with van der Waals surface area (Å²) in [4.78, 5) is 5.75. The molecule has 1 aromatic heterocycles. The highest BCUT2D eigenvalue weighted by atomic mass is 19.4. The lowest BCUT2D eigenvalue weighted by Gasteiger charge is -2.30. The Morgan fingerprint density at radius 2 is 1.90 bits per heavy atom. The Kier molecular flexibility index (Phi) is 6.45. The molecular weight excluding hydrogens is 279 g/mol. The Morgan fingerprint density at radius 1 is 1.24 bits per heavy atom. The van der Waals surface area contributed by atoms with Gasteiger partial charge in [-0.3, -0.25) is 0 Å². The van der Waals surface area contributed by atoms with Crippen molar-refractivity contribution in [3.63, 3.8) is 0 Å². The van der Waals surface area contributed by atoms with Gasteiger partial charge >= 0.3 is 6.18 Å². The lowest BCUT2D eigenvalue weighted by atomic mass is 10.1. The summed E-state index contributed by atoms with van der Waals surface area (Å²) in [7, 11) is 0. The minimum absolute atomic E-state index is 0.0724. The van der Waals surface area contributed by atoms with Crippen LogP contribution in [0.25, 0.3) is 0 Å². The average Bonchev–Trinajstić information content (AvgIpc) is 2.41. The van der Waals surface area contributed by atoms with E-state index in [4.69, 9.17) is 5.73 Å². The third kappa shape index (κ3) is 4.88. The average molecular weight is 303 g/mol. The molecule has 0 radical (unpaired) electrons. The molecule has 2 N–H and O–H groups in total. The number of nitrogens with zero attached hydrogens (tertiary/aromatic N) is 2. The van der Waals surface area contributed by atoms with Gasteiger partial charge in [-0.05, 0) is 26.3 Å². The van der Waals surface area contributed by atoms with E-state index in [1.54, 1.807) is 0 Å². The third-order valence-corrected chi connectivity index (χ3v) is 3.36. The Hall–Kier alpha value is -1.30. The summed E-state index contributed by atoms with van der Waals surface area (Å²) in [5, 5.41) is 0. The Balaban J connectivity index is 3.14. The van der Waals surface area contributed by atoms with Gasteiger partial charge in [0.05, 0.1) is 0 Å². The van der Waals surface area contributed by atoms with E-state index in [0.29, 0.717) is 17.9 Å². The van der Waals surface area contributed by atoms with E-state index in [0.717, 1.165) is 25.3 Å². The predicted molar refractivity (Wildman–Crippen MR) is 79.1 cm³/mol. The first kappa shape index (κ1) is 17.8. The fraction of sp³-hybridized carbons (Fsp3) is 0.667. The fourth-order valence-corrected chi connectivity index (χ4v) is 2.18. The third-order valence-electron chi connectivity index (χ3n) is 3.36. The van der Waals surface area contributed by atoms with Gasteiger partial charge in [0.25, 0.3) is 0 Å². The van der Waals surface area contributed by atoms with Gasteiger partial charge in [-0.2, -0.15) is 13.2 Å². The van der Waals surface area contributed by atoms with Crippen LogP contribution in [0, 0.1) is 0 Å². The molecule has 0 aliphatic heterocycles. The highest BCUT2D eigenvalue weighted by molar-refractivity contribution is 5.49. The number of halogens is 3. The van der Waals surface area contributed by atoms with Crippen molar-refractivity contribution in [1.82, 2.24) is 4.98 Å². The van der Waals surface area contributed by atoms with Crippen molar-refractivity contribution in [2.45, 2.75) is 58.8 Å². The second-order valence-electron chi connectivity index (χ2n) is 5.38. The minimum atomic E-state index is -4.44. The normalized spacial score (nSPS) is 12.0. The molecule has 0 amide bonds. The van der Waals surface area contributed by atoms with Crippen molar-refractivity contribution < 1.29 is 13.2 Å². The molecule has 0 aromatic carbocycles. The van der Waals surface area contributed by atoms with E-state index in [1.165, 1.54) is 6.07 Å². The quantitative estimate of drug-likeness (QED) is 0.775. The summed E-state index contributed by atoms with van der Waals surface area (Å²) in [6.45, 7) is 6.86. The van der Waals surface area contributed by atoms with Gasteiger partial charge in [0.15, 0.2) is 0 Å². The molecule has 0 fully saturated rings. The zero-order valence-electron chi connectivity index (χ0n) is 12.9. The van der Waals surface area contributed by atoms with Crippen LogP contribution in [0.5, 0.6) is 0 Å². The van der Waals surface area contributed by atoms with E-state index >= 15 is 0 Å². The fourth-order valence-electron chi connectivity index (χ4n) is 2.18. The van der Waals surface area contributed by atoms with Crippen LogP contribution in [-0.4, -0.2) is 17.6 Å². The summed E-state index contributed by atoms with van der Waals surface area (Å²) in [6.07, 6.45) is -1.41. The van der Waals surface area contributed by atoms with E-state index in [1.807, 2.05) is 18.7 Å². The van der Waals surface area contributed by atoms with Gasteiger partial charge in [0.2, 0.25) is 0 Å². The number of alkyl halides is 3. The maximum Gasteiger partial charge on any atom is 0.433 e.